The first-order chi connectivity index (χ1) is 9.67. The Kier molecular flexibility index (Phi) is 5.17. The number of hydrogen-bond donors (Lipinski definition) is 3. The van der Waals surface area contributed by atoms with Crippen LogP contribution in [0.2, 0.25) is 5.02 Å². The van der Waals surface area contributed by atoms with Crippen molar-refractivity contribution >= 4 is 44.9 Å². The Hall–Kier alpha value is -1.37. The molecule has 0 saturated carbocycles. The number of aromatic nitrogens is 2. The van der Waals surface area contributed by atoms with Crippen LogP contribution in [-0.4, -0.2) is 9.97 Å². The first kappa shape index (κ1) is 15.0. The number of hydrazine groups is 1. The summed E-state index contributed by atoms with van der Waals surface area (Å²) in [5.74, 6) is 6.85. The van der Waals surface area contributed by atoms with E-state index in [-0.39, 0.29) is 0 Å². The predicted octanol–water partition coefficient (Wildman–Crippen LogP) is 3.87. The lowest BCUT2D eigenvalue weighted by Gasteiger charge is -2.14. The molecule has 0 aliphatic carbocycles. The van der Waals surface area contributed by atoms with Crippen LogP contribution in [0.3, 0.4) is 0 Å². The van der Waals surface area contributed by atoms with Crippen LogP contribution in [0.5, 0.6) is 0 Å². The van der Waals surface area contributed by atoms with Crippen LogP contribution in [0, 0.1) is 0 Å². The van der Waals surface area contributed by atoms with Crippen molar-refractivity contribution in [3.63, 3.8) is 0 Å². The summed E-state index contributed by atoms with van der Waals surface area (Å²) in [5, 5.41) is 3.90. The third-order valence-electron chi connectivity index (χ3n) is 2.79. The van der Waals surface area contributed by atoms with Gasteiger partial charge in [0.15, 0.2) is 0 Å². The van der Waals surface area contributed by atoms with Gasteiger partial charge in [0.05, 0.1) is 15.2 Å². The first-order valence-electron chi connectivity index (χ1n) is 6.18. The molecule has 0 saturated heterocycles. The second-order valence-electron chi connectivity index (χ2n) is 4.17. The van der Waals surface area contributed by atoms with Crippen LogP contribution in [0.4, 0.5) is 17.3 Å². The summed E-state index contributed by atoms with van der Waals surface area (Å²) in [7, 11) is 0. The number of hydrogen-bond acceptors (Lipinski definition) is 5. The summed E-state index contributed by atoms with van der Waals surface area (Å²) >= 11 is 9.55. The molecule has 1 aromatic heterocycles. The number of nitrogens with one attached hydrogen (secondary N) is 2. The van der Waals surface area contributed by atoms with Crippen LogP contribution in [0.25, 0.3) is 0 Å². The van der Waals surface area contributed by atoms with E-state index in [1.807, 2.05) is 18.2 Å². The molecule has 0 spiro atoms. The van der Waals surface area contributed by atoms with Crippen molar-refractivity contribution in [2.45, 2.75) is 19.8 Å². The van der Waals surface area contributed by atoms with Crippen molar-refractivity contribution in [1.82, 2.24) is 9.97 Å². The highest BCUT2D eigenvalue weighted by atomic mass is 79.9. The Morgan fingerprint density at radius 3 is 2.75 bits per heavy atom. The van der Waals surface area contributed by atoms with E-state index < -0.39 is 0 Å². The number of halogens is 2. The van der Waals surface area contributed by atoms with Gasteiger partial charge in [0.2, 0.25) is 0 Å². The van der Waals surface area contributed by atoms with Crippen molar-refractivity contribution in [3.05, 3.63) is 39.6 Å². The van der Waals surface area contributed by atoms with Crippen LogP contribution in [0.15, 0.2) is 29.0 Å². The van der Waals surface area contributed by atoms with Gasteiger partial charge >= 0.3 is 0 Å². The highest BCUT2D eigenvalue weighted by Gasteiger charge is 2.12. The summed E-state index contributed by atoms with van der Waals surface area (Å²) in [4.78, 5) is 8.42. The standard InChI is InChI=1S/C13H15BrClN5/c1-2-4-8-12(17-7-18-13(8)20-16)19-10-6-3-5-9(15)11(10)14/h3,5-7H,2,4,16H2,1H3,(H2,17,18,19,20). The van der Waals surface area contributed by atoms with Crippen molar-refractivity contribution in [3.8, 4) is 0 Å². The monoisotopic (exact) mass is 355 g/mol. The zero-order chi connectivity index (χ0) is 14.5. The van der Waals surface area contributed by atoms with Crippen molar-refractivity contribution in [2.75, 3.05) is 10.7 Å². The molecule has 0 aliphatic rings. The molecule has 2 aromatic rings. The molecule has 0 fully saturated rings. The molecular weight excluding hydrogens is 342 g/mol. The Labute approximate surface area is 131 Å². The number of benzene rings is 1. The number of nitrogens with two attached hydrogens (primary N) is 1. The highest BCUT2D eigenvalue weighted by Crippen LogP contribution is 2.33. The van der Waals surface area contributed by atoms with Crippen LogP contribution in [-0.2, 0) is 6.42 Å². The highest BCUT2D eigenvalue weighted by molar-refractivity contribution is 9.10. The number of anilines is 3. The minimum absolute atomic E-state index is 0.627. The zero-order valence-corrected chi connectivity index (χ0v) is 13.3. The van der Waals surface area contributed by atoms with Crippen molar-refractivity contribution in [2.24, 2.45) is 5.84 Å². The summed E-state index contributed by atoms with van der Waals surface area (Å²) in [6.07, 6.45) is 3.25. The zero-order valence-electron chi connectivity index (χ0n) is 11.0. The third kappa shape index (κ3) is 3.20. The Morgan fingerprint density at radius 1 is 1.30 bits per heavy atom. The van der Waals surface area contributed by atoms with E-state index in [4.69, 9.17) is 17.4 Å². The molecule has 1 heterocycles. The van der Waals surface area contributed by atoms with Gasteiger partial charge in [0.1, 0.15) is 18.0 Å². The van der Waals surface area contributed by atoms with Crippen molar-refractivity contribution < 1.29 is 0 Å². The lowest BCUT2D eigenvalue weighted by molar-refractivity contribution is 0.903. The first-order valence-corrected chi connectivity index (χ1v) is 7.36. The Morgan fingerprint density at radius 2 is 2.05 bits per heavy atom. The molecule has 1 aromatic carbocycles. The molecule has 7 heteroatoms. The average Bonchev–Trinajstić information content (AvgIpc) is 2.46. The smallest absolute Gasteiger partial charge is 0.148 e. The molecule has 0 atom stereocenters. The molecule has 0 bridgehead atoms. The van der Waals surface area contributed by atoms with Gasteiger partial charge in [-0.25, -0.2) is 15.8 Å². The Balaban J connectivity index is 2.40. The lowest BCUT2D eigenvalue weighted by atomic mass is 10.1. The maximum atomic E-state index is 6.09. The fourth-order valence-corrected chi connectivity index (χ4v) is 2.40. The van der Waals surface area contributed by atoms with Crippen LogP contribution in [0.1, 0.15) is 18.9 Å². The van der Waals surface area contributed by atoms with Crippen LogP contribution < -0.4 is 16.6 Å². The summed E-state index contributed by atoms with van der Waals surface area (Å²) in [6, 6.07) is 5.61. The maximum Gasteiger partial charge on any atom is 0.148 e. The number of nitrogen functional groups attached to an aromatic ring is 1. The Bertz CT molecular complexity index is 605. The average molecular weight is 357 g/mol. The topological polar surface area (TPSA) is 75.9 Å². The molecule has 5 nitrogen and oxygen atoms in total. The second kappa shape index (κ2) is 6.88. The number of rotatable bonds is 5. The predicted molar refractivity (Wildman–Crippen MR) is 86.3 cm³/mol. The van der Waals surface area contributed by atoms with E-state index in [1.165, 1.54) is 6.33 Å². The van der Waals surface area contributed by atoms with E-state index in [9.17, 15) is 0 Å². The fourth-order valence-electron chi connectivity index (χ4n) is 1.86. The minimum atomic E-state index is 0.627. The summed E-state index contributed by atoms with van der Waals surface area (Å²) < 4.78 is 0.796. The lowest BCUT2D eigenvalue weighted by Crippen LogP contribution is -2.13. The molecule has 106 valence electrons. The molecule has 0 amide bonds. The van der Waals surface area contributed by atoms with E-state index >= 15 is 0 Å². The van der Waals surface area contributed by atoms with Gasteiger partial charge in [-0.2, -0.15) is 0 Å². The van der Waals surface area contributed by atoms with Gasteiger partial charge < -0.3 is 10.7 Å². The van der Waals surface area contributed by atoms with Crippen LogP contribution >= 0.6 is 27.5 Å². The molecule has 2 rings (SSSR count). The third-order valence-corrected chi connectivity index (χ3v) is 4.18. The summed E-state index contributed by atoms with van der Waals surface area (Å²) in [6.45, 7) is 2.09. The van der Waals surface area contributed by atoms with E-state index in [1.54, 1.807) is 0 Å². The molecule has 0 unspecified atom stereocenters. The summed E-state index contributed by atoms with van der Waals surface area (Å²) in [5.41, 5.74) is 4.40. The fraction of sp³-hybridized carbons (Fsp3) is 0.231. The second-order valence-corrected chi connectivity index (χ2v) is 5.37. The van der Waals surface area contributed by atoms with Gasteiger partial charge in [-0.15, -0.1) is 0 Å². The molecule has 20 heavy (non-hydrogen) atoms. The van der Waals surface area contributed by atoms with E-state index in [2.05, 4.69) is 43.6 Å². The normalized spacial score (nSPS) is 10.4. The van der Waals surface area contributed by atoms with Gasteiger partial charge in [-0.3, -0.25) is 0 Å². The molecule has 4 N–H and O–H groups in total. The van der Waals surface area contributed by atoms with Gasteiger partial charge in [0, 0.05) is 5.56 Å². The van der Waals surface area contributed by atoms with Crippen molar-refractivity contribution in [1.29, 1.82) is 0 Å². The maximum absolute atomic E-state index is 6.09. The van der Waals surface area contributed by atoms with E-state index in [0.29, 0.717) is 10.8 Å². The SMILES string of the molecule is CCCc1c(NN)ncnc1Nc1cccc(Cl)c1Br. The van der Waals surface area contributed by atoms with Gasteiger partial charge in [-0.05, 0) is 34.5 Å². The molecule has 0 radical (unpaired) electrons. The van der Waals surface area contributed by atoms with E-state index in [0.717, 1.165) is 34.4 Å². The van der Waals surface area contributed by atoms with Gasteiger partial charge in [0.25, 0.3) is 0 Å². The molecule has 0 aliphatic heterocycles. The quantitative estimate of drug-likeness (QED) is 0.560. The van der Waals surface area contributed by atoms with Gasteiger partial charge in [-0.1, -0.05) is 31.0 Å². The number of nitrogens with zero attached hydrogens (tertiary/aromatic N) is 2. The minimum Gasteiger partial charge on any atom is -0.339 e. The molecular formula is C13H15BrClN5. The largest absolute Gasteiger partial charge is 0.339 e.